The second-order valence-electron chi connectivity index (χ2n) is 3.77. The third-order valence-corrected chi connectivity index (χ3v) is 2.31. The Labute approximate surface area is 77.1 Å². The van der Waals surface area contributed by atoms with Crippen LogP contribution < -0.4 is 0 Å². The lowest BCUT2D eigenvalue weighted by molar-refractivity contribution is -0.166. The van der Waals surface area contributed by atoms with Gasteiger partial charge in [0.15, 0.2) is 11.9 Å². The molecule has 2 fully saturated rings. The summed E-state index contributed by atoms with van der Waals surface area (Å²) in [7, 11) is 0. The van der Waals surface area contributed by atoms with Gasteiger partial charge in [0.1, 0.15) is 6.10 Å². The molecule has 2 saturated heterocycles. The fourth-order valence-corrected chi connectivity index (χ4v) is 1.79. The summed E-state index contributed by atoms with van der Waals surface area (Å²) in [5, 5.41) is 0. The van der Waals surface area contributed by atoms with Crippen molar-refractivity contribution in [1.82, 2.24) is 4.90 Å². The summed E-state index contributed by atoms with van der Waals surface area (Å²) in [6, 6.07) is 0. The summed E-state index contributed by atoms with van der Waals surface area (Å²) in [5.74, 6) is -0.677. The normalized spacial score (nSPS) is 36.5. The van der Waals surface area contributed by atoms with E-state index in [0.717, 1.165) is 0 Å². The fourth-order valence-electron chi connectivity index (χ4n) is 1.79. The van der Waals surface area contributed by atoms with Crippen molar-refractivity contribution in [2.75, 3.05) is 6.54 Å². The van der Waals surface area contributed by atoms with Crippen LogP contribution in [0, 0.1) is 0 Å². The van der Waals surface area contributed by atoms with Gasteiger partial charge >= 0.3 is 0 Å². The number of rotatable bonds is 1. The van der Waals surface area contributed by atoms with Gasteiger partial charge in [-0.2, -0.15) is 0 Å². The van der Waals surface area contributed by atoms with Gasteiger partial charge in [0, 0.05) is 0 Å². The average Bonchev–Trinajstić information content (AvgIpc) is 2.47. The van der Waals surface area contributed by atoms with Crippen LogP contribution in [-0.4, -0.2) is 35.3 Å². The average molecular weight is 183 g/mol. The second kappa shape index (κ2) is 2.56. The monoisotopic (exact) mass is 183 g/mol. The van der Waals surface area contributed by atoms with E-state index in [1.165, 1.54) is 11.1 Å². The highest BCUT2D eigenvalue weighted by atomic mass is 16.8. The van der Waals surface area contributed by atoms with Crippen molar-refractivity contribution >= 4 is 5.91 Å². The van der Waals surface area contributed by atoms with Crippen molar-refractivity contribution in [2.45, 2.75) is 31.8 Å². The highest BCUT2D eigenvalue weighted by Gasteiger charge is 2.51. The number of ether oxygens (including phenoxy) is 2. The van der Waals surface area contributed by atoms with Crippen molar-refractivity contribution in [2.24, 2.45) is 0 Å². The first-order valence-corrected chi connectivity index (χ1v) is 4.32. The van der Waals surface area contributed by atoms with Gasteiger partial charge in [0.05, 0.1) is 6.54 Å². The molecule has 2 heterocycles. The zero-order chi connectivity index (χ0) is 9.64. The molecule has 0 radical (unpaired) electrons. The van der Waals surface area contributed by atoms with E-state index in [9.17, 15) is 4.79 Å². The van der Waals surface area contributed by atoms with Crippen LogP contribution in [0.25, 0.3) is 0 Å². The van der Waals surface area contributed by atoms with Crippen molar-refractivity contribution in [1.29, 1.82) is 0 Å². The zero-order valence-electron chi connectivity index (χ0n) is 7.82. The van der Waals surface area contributed by atoms with E-state index in [1.54, 1.807) is 0 Å². The second-order valence-corrected chi connectivity index (χ2v) is 3.77. The van der Waals surface area contributed by atoms with Gasteiger partial charge < -0.3 is 14.4 Å². The highest BCUT2D eigenvalue weighted by Crippen LogP contribution is 2.33. The smallest absolute Gasteiger partial charge is 0.258 e. The Kier molecular flexibility index (Phi) is 1.72. The number of carbonyl (C=O) groups is 1. The number of nitrogens with zero attached hydrogens (tertiary/aromatic N) is 1. The molecule has 2 aliphatic rings. The van der Waals surface area contributed by atoms with Crippen LogP contribution in [-0.2, 0) is 14.3 Å². The lowest BCUT2D eigenvalue weighted by atomic mass is 10.3. The summed E-state index contributed by atoms with van der Waals surface area (Å²) in [5.41, 5.74) is 0. The number of fused-ring (bicyclic) bond motifs is 1. The Morgan fingerprint density at radius 3 is 2.85 bits per heavy atom. The van der Waals surface area contributed by atoms with E-state index in [1.807, 2.05) is 13.8 Å². The zero-order valence-corrected chi connectivity index (χ0v) is 7.82. The van der Waals surface area contributed by atoms with E-state index in [0.29, 0.717) is 6.54 Å². The number of carbonyl (C=O) groups excluding carboxylic acids is 1. The Morgan fingerprint density at radius 1 is 1.62 bits per heavy atom. The van der Waals surface area contributed by atoms with E-state index >= 15 is 0 Å². The quantitative estimate of drug-likeness (QED) is 0.594. The molecule has 0 unspecified atom stereocenters. The maximum atomic E-state index is 11.6. The molecule has 2 aliphatic heterocycles. The molecule has 0 aromatic carbocycles. The molecule has 0 aromatic heterocycles. The van der Waals surface area contributed by atoms with Gasteiger partial charge in [-0.05, 0) is 20.0 Å². The number of likely N-dealkylation sites (tertiary alicyclic amines) is 1. The van der Waals surface area contributed by atoms with E-state index in [2.05, 4.69) is 6.58 Å². The molecule has 0 aliphatic carbocycles. The van der Waals surface area contributed by atoms with Gasteiger partial charge in [0.25, 0.3) is 5.91 Å². The van der Waals surface area contributed by atoms with Crippen LogP contribution in [0.5, 0.6) is 0 Å². The minimum absolute atomic E-state index is 0.0504. The molecule has 0 spiro atoms. The molecule has 2 atom stereocenters. The van der Waals surface area contributed by atoms with Crippen LogP contribution in [0.15, 0.2) is 12.8 Å². The first kappa shape index (κ1) is 8.72. The summed E-state index contributed by atoms with van der Waals surface area (Å²) in [6.45, 7) is 7.74. The van der Waals surface area contributed by atoms with Crippen LogP contribution >= 0.6 is 0 Å². The summed E-state index contributed by atoms with van der Waals surface area (Å²) in [6.07, 6.45) is 0.939. The molecule has 4 heteroatoms. The predicted molar refractivity (Wildman–Crippen MR) is 45.7 cm³/mol. The Morgan fingerprint density at radius 2 is 2.31 bits per heavy atom. The number of hydrogen-bond donors (Lipinski definition) is 0. The third-order valence-electron chi connectivity index (χ3n) is 2.31. The van der Waals surface area contributed by atoms with E-state index in [4.69, 9.17) is 9.47 Å². The minimum Gasteiger partial charge on any atom is -0.342 e. The molecule has 72 valence electrons. The lowest BCUT2D eigenvalue weighted by Gasteiger charge is -2.20. The Hall–Kier alpha value is -0.870. The third kappa shape index (κ3) is 1.26. The van der Waals surface area contributed by atoms with Gasteiger partial charge in [-0.15, -0.1) is 0 Å². The van der Waals surface area contributed by atoms with Gasteiger partial charge in [-0.1, -0.05) is 6.58 Å². The predicted octanol–water partition coefficient (Wildman–Crippen LogP) is 0.492. The number of hydrogen-bond acceptors (Lipinski definition) is 3. The fraction of sp³-hybridized carbons (Fsp3) is 0.667. The first-order valence-electron chi connectivity index (χ1n) is 4.32. The van der Waals surface area contributed by atoms with Crippen LogP contribution in [0.1, 0.15) is 13.8 Å². The van der Waals surface area contributed by atoms with Gasteiger partial charge in [-0.25, -0.2) is 0 Å². The molecular weight excluding hydrogens is 170 g/mol. The Balaban J connectivity index is 2.16. The van der Waals surface area contributed by atoms with Crippen molar-refractivity contribution in [3.8, 4) is 0 Å². The molecule has 1 amide bonds. The van der Waals surface area contributed by atoms with Crippen LogP contribution in [0.4, 0.5) is 0 Å². The summed E-state index contributed by atoms with van der Waals surface area (Å²) in [4.78, 5) is 13.1. The molecule has 0 N–H and O–H groups in total. The summed E-state index contributed by atoms with van der Waals surface area (Å²) >= 11 is 0. The van der Waals surface area contributed by atoms with Crippen LogP contribution in [0.2, 0.25) is 0 Å². The maximum absolute atomic E-state index is 11.6. The topological polar surface area (TPSA) is 38.8 Å². The molecule has 2 rings (SSSR count). The van der Waals surface area contributed by atoms with Crippen LogP contribution in [0.3, 0.4) is 0 Å². The van der Waals surface area contributed by atoms with Crippen molar-refractivity contribution in [3.63, 3.8) is 0 Å². The van der Waals surface area contributed by atoms with Gasteiger partial charge in [0.2, 0.25) is 0 Å². The molecule has 0 aromatic rings. The van der Waals surface area contributed by atoms with Crippen molar-refractivity contribution in [3.05, 3.63) is 12.8 Å². The molecule has 13 heavy (non-hydrogen) atoms. The SMILES string of the molecule is C=CN1C[C@H]2OC(C)(C)O[C@H]2C1=O. The minimum atomic E-state index is -0.627. The molecule has 4 nitrogen and oxygen atoms in total. The number of amides is 1. The summed E-state index contributed by atoms with van der Waals surface area (Å²) < 4.78 is 11.0. The lowest BCUT2D eigenvalue weighted by Crippen LogP contribution is -2.31. The first-order chi connectivity index (χ1) is 6.03. The highest BCUT2D eigenvalue weighted by molar-refractivity contribution is 5.85. The van der Waals surface area contributed by atoms with Crippen molar-refractivity contribution < 1.29 is 14.3 Å². The van der Waals surface area contributed by atoms with E-state index in [-0.39, 0.29) is 12.0 Å². The van der Waals surface area contributed by atoms with Gasteiger partial charge in [-0.3, -0.25) is 4.79 Å². The van der Waals surface area contributed by atoms with E-state index < -0.39 is 11.9 Å². The molecular formula is C9H13NO3. The molecule has 0 bridgehead atoms. The Bertz CT molecular complexity index is 262. The maximum Gasteiger partial charge on any atom is 0.258 e. The standard InChI is InChI=1S/C9H13NO3/c1-4-10-5-6-7(8(10)11)13-9(2,3)12-6/h4,6-7H,1,5H2,2-3H3/t6-,7-/m1/s1. The largest absolute Gasteiger partial charge is 0.342 e. The molecule has 0 saturated carbocycles.